The van der Waals surface area contributed by atoms with Gasteiger partial charge in [-0.1, -0.05) is 20.3 Å². The molecule has 1 aliphatic carbocycles. The van der Waals surface area contributed by atoms with Crippen LogP contribution in [0, 0.1) is 17.8 Å². The molecular weight excluding hydrogens is 244 g/mol. The minimum atomic E-state index is -0.942. The Balaban J connectivity index is 1.93. The van der Waals surface area contributed by atoms with E-state index in [1.807, 2.05) is 13.8 Å². The first kappa shape index (κ1) is 14.3. The van der Waals surface area contributed by atoms with Gasteiger partial charge in [-0.2, -0.15) is 0 Å². The van der Waals surface area contributed by atoms with Crippen LogP contribution in [0.25, 0.3) is 0 Å². The van der Waals surface area contributed by atoms with E-state index in [0.29, 0.717) is 18.3 Å². The molecule has 0 spiro atoms. The van der Waals surface area contributed by atoms with Crippen molar-refractivity contribution < 1.29 is 14.7 Å². The second kappa shape index (κ2) is 5.90. The summed E-state index contributed by atoms with van der Waals surface area (Å²) >= 11 is 0. The number of nitrogens with one attached hydrogen (secondary N) is 2. The van der Waals surface area contributed by atoms with Gasteiger partial charge in [-0.25, -0.2) is 4.79 Å². The van der Waals surface area contributed by atoms with Crippen molar-refractivity contribution in [3.63, 3.8) is 0 Å². The lowest BCUT2D eigenvalue weighted by molar-refractivity contribution is -0.142. The monoisotopic (exact) mass is 268 g/mol. The molecule has 19 heavy (non-hydrogen) atoms. The van der Waals surface area contributed by atoms with E-state index in [2.05, 4.69) is 10.6 Å². The molecule has 108 valence electrons. The second-order valence-electron chi connectivity index (χ2n) is 6.27. The fraction of sp³-hybridized carbons (Fsp3) is 0.857. The third-order valence-electron chi connectivity index (χ3n) is 4.35. The average Bonchev–Trinajstić information content (AvgIpc) is 2.88. The number of carboxylic acid groups (broad SMARTS) is 1. The number of carbonyl (C=O) groups is 2. The first-order chi connectivity index (χ1) is 8.99. The zero-order valence-corrected chi connectivity index (χ0v) is 11.7. The highest BCUT2D eigenvalue weighted by Crippen LogP contribution is 2.37. The van der Waals surface area contributed by atoms with Gasteiger partial charge in [-0.3, -0.25) is 4.79 Å². The van der Waals surface area contributed by atoms with Crippen molar-refractivity contribution in [2.75, 3.05) is 6.54 Å². The van der Waals surface area contributed by atoms with E-state index < -0.39 is 12.0 Å². The Kier molecular flexibility index (Phi) is 4.45. The van der Waals surface area contributed by atoms with E-state index in [1.165, 1.54) is 12.8 Å². The minimum Gasteiger partial charge on any atom is -0.480 e. The summed E-state index contributed by atoms with van der Waals surface area (Å²) in [5.74, 6) is 0.167. The maximum atomic E-state index is 12.2. The molecule has 3 unspecified atom stereocenters. The molecule has 5 heteroatoms. The van der Waals surface area contributed by atoms with Crippen molar-refractivity contribution in [3.05, 3.63) is 0 Å². The molecule has 0 aromatic heterocycles. The van der Waals surface area contributed by atoms with Crippen molar-refractivity contribution in [1.29, 1.82) is 0 Å². The molecule has 1 saturated heterocycles. The van der Waals surface area contributed by atoms with E-state index in [1.54, 1.807) is 0 Å². The summed E-state index contributed by atoms with van der Waals surface area (Å²) in [5.41, 5.74) is 0. The number of rotatable bonds is 5. The van der Waals surface area contributed by atoms with E-state index in [-0.39, 0.29) is 17.9 Å². The van der Waals surface area contributed by atoms with Crippen LogP contribution in [-0.2, 0) is 9.59 Å². The van der Waals surface area contributed by atoms with Crippen LogP contribution >= 0.6 is 0 Å². The molecule has 0 radical (unpaired) electrons. The van der Waals surface area contributed by atoms with Crippen molar-refractivity contribution >= 4 is 11.9 Å². The lowest BCUT2D eigenvalue weighted by Crippen LogP contribution is -2.50. The molecule has 2 rings (SSSR count). The summed E-state index contributed by atoms with van der Waals surface area (Å²) in [4.78, 5) is 23.4. The van der Waals surface area contributed by atoms with Gasteiger partial charge in [-0.15, -0.1) is 0 Å². The first-order valence-corrected chi connectivity index (χ1v) is 7.25. The van der Waals surface area contributed by atoms with Crippen LogP contribution in [0.2, 0.25) is 0 Å². The van der Waals surface area contributed by atoms with Gasteiger partial charge < -0.3 is 15.7 Å². The second-order valence-corrected chi connectivity index (χ2v) is 6.27. The molecule has 1 heterocycles. The Morgan fingerprint density at radius 1 is 1.37 bits per heavy atom. The third kappa shape index (κ3) is 3.26. The van der Waals surface area contributed by atoms with Crippen molar-refractivity contribution in [2.24, 2.45) is 17.8 Å². The highest BCUT2D eigenvalue weighted by atomic mass is 16.4. The summed E-state index contributed by atoms with van der Waals surface area (Å²) < 4.78 is 0. The quantitative estimate of drug-likeness (QED) is 0.695. The number of aliphatic carboxylic acids is 1. The number of carboxylic acids is 1. The van der Waals surface area contributed by atoms with Gasteiger partial charge >= 0.3 is 5.97 Å². The van der Waals surface area contributed by atoms with Crippen molar-refractivity contribution in [2.45, 2.75) is 51.6 Å². The van der Waals surface area contributed by atoms with Gasteiger partial charge in [0.1, 0.15) is 6.04 Å². The van der Waals surface area contributed by atoms with Crippen molar-refractivity contribution in [3.8, 4) is 0 Å². The predicted molar refractivity (Wildman–Crippen MR) is 71.6 cm³/mol. The molecule has 1 amide bonds. The van der Waals surface area contributed by atoms with Crippen LogP contribution in [0.1, 0.15) is 39.5 Å². The maximum Gasteiger partial charge on any atom is 0.326 e. The predicted octanol–water partition coefficient (Wildman–Crippen LogP) is 0.990. The van der Waals surface area contributed by atoms with E-state index >= 15 is 0 Å². The van der Waals surface area contributed by atoms with Gasteiger partial charge in [0, 0.05) is 0 Å². The lowest BCUT2D eigenvalue weighted by atomic mass is 9.93. The Bertz CT molecular complexity index is 357. The van der Waals surface area contributed by atoms with Gasteiger partial charge in [0.05, 0.1) is 6.04 Å². The lowest BCUT2D eigenvalue weighted by Gasteiger charge is -2.22. The SMILES string of the molecule is CC(C)C[C@H](NC(=O)C1NCC2CCCC21)C(=O)O. The topological polar surface area (TPSA) is 78.4 Å². The van der Waals surface area contributed by atoms with E-state index in [9.17, 15) is 9.59 Å². The minimum absolute atomic E-state index is 0.137. The summed E-state index contributed by atoms with van der Waals surface area (Å²) in [6, 6.07) is -0.962. The zero-order chi connectivity index (χ0) is 14.0. The molecule has 2 fully saturated rings. The zero-order valence-electron chi connectivity index (χ0n) is 11.7. The molecule has 1 aliphatic heterocycles. The van der Waals surface area contributed by atoms with Gasteiger partial charge in [-0.05, 0) is 43.6 Å². The average molecular weight is 268 g/mol. The number of hydrogen-bond acceptors (Lipinski definition) is 3. The summed E-state index contributed by atoms with van der Waals surface area (Å²) in [6.45, 7) is 4.82. The molecule has 0 aromatic carbocycles. The molecule has 5 nitrogen and oxygen atoms in total. The molecule has 0 bridgehead atoms. The van der Waals surface area contributed by atoms with E-state index in [4.69, 9.17) is 5.11 Å². The highest BCUT2D eigenvalue weighted by Gasteiger charge is 2.43. The summed E-state index contributed by atoms with van der Waals surface area (Å²) in [5, 5.41) is 15.1. The van der Waals surface area contributed by atoms with Crippen LogP contribution < -0.4 is 10.6 Å². The molecule has 1 saturated carbocycles. The molecular formula is C14H24N2O3. The Hall–Kier alpha value is -1.10. The number of amides is 1. The van der Waals surface area contributed by atoms with Crippen LogP contribution in [0.5, 0.6) is 0 Å². The smallest absolute Gasteiger partial charge is 0.326 e. The van der Waals surface area contributed by atoms with Crippen LogP contribution in [-0.4, -0.2) is 35.6 Å². The number of fused-ring (bicyclic) bond motifs is 1. The van der Waals surface area contributed by atoms with Gasteiger partial charge in [0.25, 0.3) is 0 Å². The molecule has 2 aliphatic rings. The highest BCUT2D eigenvalue weighted by molar-refractivity contribution is 5.87. The summed E-state index contributed by atoms with van der Waals surface area (Å²) in [6.07, 6.45) is 3.94. The number of carbonyl (C=O) groups excluding carboxylic acids is 1. The standard InChI is InChI=1S/C14H24N2O3/c1-8(2)6-11(14(18)19)16-13(17)12-10-5-3-4-9(10)7-15-12/h8-12,15H,3-7H2,1-2H3,(H,16,17)(H,18,19)/t9?,10?,11-,12?/m0/s1. The Morgan fingerprint density at radius 3 is 2.74 bits per heavy atom. The molecule has 3 N–H and O–H groups in total. The summed E-state index contributed by atoms with van der Waals surface area (Å²) in [7, 11) is 0. The normalized spacial score (nSPS) is 31.2. The first-order valence-electron chi connectivity index (χ1n) is 7.25. The van der Waals surface area contributed by atoms with Crippen LogP contribution in [0.4, 0.5) is 0 Å². The van der Waals surface area contributed by atoms with Crippen LogP contribution in [0.15, 0.2) is 0 Å². The molecule has 4 atom stereocenters. The molecule has 0 aromatic rings. The van der Waals surface area contributed by atoms with Gasteiger partial charge in [0.2, 0.25) is 5.91 Å². The fourth-order valence-electron chi connectivity index (χ4n) is 3.43. The third-order valence-corrected chi connectivity index (χ3v) is 4.35. The Labute approximate surface area is 114 Å². The largest absolute Gasteiger partial charge is 0.480 e. The van der Waals surface area contributed by atoms with Crippen molar-refractivity contribution in [1.82, 2.24) is 10.6 Å². The fourth-order valence-corrected chi connectivity index (χ4v) is 3.43. The Morgan fingerprint density at radius 2 is 2.11 bits per heavy atom. The van der Waals surface area contributed by atoms with Gasteiger partial charge in [0.15, 0.2) is 0 Å². The van der Waals surface area contributed by atoms with E-state index in [0.717, 1.165) is 13.0 Å². The van der Waals surface area contributed by atoms with Crippen LogP contribution in [0.3, 0.4) is 0 Å². The maximum absolute atomic E-state index is 12.2. The number of hydrogen-bond donors (Lipinski definition) is 3.